The molecule has 2 aliphatic rings. The van der Waals surface area contributed by atoms with Crippen molar-refractivity contribution in [3.8, 4) is 6.07 Å². The molecule has 3 heteroatoms. The molecule has 0 aliphatic carbocycles. The molecule has 3 rings (SSSR count). The van der Waals surface area contributed by atoms with E-state index in [1.165, 1.54) is 25.0 Å². The quantitative estimate of drug-likeness (QED) is 0.868. The van der Waals surface area contributed by atoms with Crippen molar-refractivity contribution in [3.05, 3.63) is 35.6 Å². The molecular formula is C15H17FN2. The Morgan fingerprint density at radius 1 is 1.22 bits per heavy atom. The normalized spacial score (nSPS) is 34.2. The zero-order valence-electron chi connectivity index (χ0n) is 10.3. The average molecular weight is 244 g/mol. The fourth-order valence-corrected chi connectivity index (χ4v) is 3.52. The first-order chi connectivity index (χ1) is 8.69. The van der Waals surface area contributed by atoms with Crippen molar-refractivity contribution < 1.29 is 4.39 Å². The summed E-state index contributed by atoms with van der Waals surface area (Å²) in [4.78, 5) is 0. The van der Waals surface area contributed by atoms with E-state index < -0.39 is 0 Å². The Morgan fingerprint density at radius 3 is 2.39 bits per heavy atom. The van der Waals surface area contributed by atoms with Gasteiger partial charge in [0, 0.05) is 12.1 Å². The van der Waals surface area contributed by atoms with Crippen LogP contribution >= 0.6 is 0 Å². The summed E-state index contributed by atoms with van der Waals surface area (Å²) in [5.74, 6) is -0.213. The number of nitrogens with zero attached hydrogens (tertiary/aromatic N) is 1. The highest BCUT2D eigenvalue weighted by atomic mass is 19.1. The monoisotopic (exact) mass is 244 g/mol. The minimum absolute atomic E-state index is 0.213. The highest BCUT2D eigenvalue weighted by molar-refractivity contribution is 5.22. The summed E-state index contributed by atoms with van der Waals surface area (Å²) in [6, 6.07) is 10.1. The van der Waals surface area contributed by atoms with Gasteiger partial charge in [-0.1, -0.05) is 12.1 Å². The Labute approximate surface area is 107 Å². The highest BCUT2D eigenvalue weighted by Crippen LogP contribution is 2.42. The fourth-order valence-electron chi connectivity index (χ4n) is 3.52. The number of fused-ring (bicyclic) bond motifs is 2. The molecule has 1 N–H and O–H groups in total. The Morgan fingerprint density at radius 2 is 1.83 bits per heavy atom. The first kappa shape index (κ1) is 11.7. The Balaban J connectivity index is 1.80. The van der Waals surface area contributed by atoms with Gasteiger partial charge in [0.2, 0.25) is 0 Å². The van der Waals surface area contributed by atoms with E-state index in [9.17, 15) is 9.65 Å². The van der Waals surface area contributed by atoms with Crippen LogP contribution in [0, 0.1) is 22.6 Å². The van der Waals surface area contributed by atoms with Crippen molar-refractivity contribution in [3.63, 3.8) is 0 Å². The lowest BCUT2D eigenvalue weighted by Crippen LogP contribution is -2.44. The van der Waals surface area contributed by atoms with Crippen LogP contribution in [-0.2, 0) is 6.42 Å². The van der Waals surface area contributed by atoms with E-state index in [0.717, 1.165) is 24.8 Å². The predicted octanol–water partition coefficient (Wildman–Crippen LogP) is 2.79. The fraction of sp³-hybridized carbons (Fsp3) is 0.533. The summed E-state index contributed by atoms with van der Waals surface area (Å²) in [5.41, 5.74) is 0.814. The number of hydrogen-bond acceptors (Lipinski definition) is 2. The van der Waals surface area contributed by atoms with Gasteiger partial charge in [-0.15, -0.1) is 0 Å². The van der Waals surface area contributed by atoms with Crippen LogP contribution in [0.25, 0.3) is 0 Å². The van der Waals surface area contributed by atoms with Crippen LogP contribution < -0.4 is 5.32 Å². The van der Waals surface area contributed by atoms with E-state index in [0.29, 0.717) is 12.1 Å². The van der Waals surface area contributed by atoms with Gasteiger partial charge in [-0.25, -0.2) is 4.39 Å². The summed E-state index contributed by atoms with van der Waals surface area (Å²) >= 11 is 0. The second kappa shape index (κ2) is 4.37. The Hall–Kier alpha value is -1.40. The zero-order chi connectivity index (χ0) is 12.6. The largest absolute Gasteiger partial charge is 0.311 e. The van der Waals surface area contributed by atoms with Gasteiger partial charge in [-0.05, 0) is 49.8 Å². The van der Waals surface area contributed by atoms with Crippen molar-refractivity contribution in [1.29, 1.82) is 5.26 Å². The molecule has 2 heterocycles. The molecule has 94 valence electrons. The molecule has 2 bridgehead atoms. The highest BCUT2D eigenvalue weighted by Gasteiger charge is 2.43. The molecule has 0 radical (unpaired) electrons. The van der Waals surface area contributed by atoms with E-state index in [1.54, 1.807) is 12.1 Å². The number of nitrogens with one attached hydrogen (secondary N) is 1. The molecule has 0 spiro atoms. The van der Waals surface area contributed by atoms with Gasteiger partial charge < -0.3 is 5.32 Å². The molecular weight excluding hydrogens is 227 g/mol. The van der Waals surface area contributed by atoms with Crippen LogP contribution in [-0.4, -0.2) is 12.1 Å². The number of piperidine rings is 1. The summed E-state index contributed by atoms with van der Waals surface area (Å²) in [7, 11) is 0. The van der Waals surface area contributed by atoms with Gasteiger partial charge in [0.25, 0.3) is 0 Å². The zero-order valence-corrected chi connectivity index (χ0v) is 10.3. The van der Waals surface area contributed by atoms with Crippen molar-refractivity contribution in [1.82, 2.24) is 5.32 Å². The van der Waals surface area contributed by atoms with Crippen molar-refractivity contribution in [2.24, 2.45) is 5.41 Å². The van der Waals surface area contributed by atoms with E-state index in [-0.39, 0.29) is 11.2 Å². The predicted molar refractivity (Wildman–Crippen MR) is 67.3 cm³/mol. The lowest BCUT2D eigenvalue weighted by Gasteiger charge is -2.36. The SMILES string of the molecule is N#CC1(Cc2ccc(F)cc2)CC2CCC(C1)N2. The van der Waals surface area contributed by atoms with Crippen LogP contribution in [0.15, 0.2) is 24.3 Å². The maximum Gasteiger partial charge on any atom is 0.123 e. The number of nitriles is 1. The molecule has 1 aromatic carbocycles. The van der Waals surface area contributed by atoms with Gasteiger partial charge in [0.1, 0.15) is 5.82 Å². The third-order valence-electron chi connectivity index (χ3n) is 4.30. The van der Waals surface area contributed by atoms with Crippen LogP contribution in [0.5, 0.6) is 0 Å². The van der Waals surface area contributed by atoms with E-state index in [4.69, 9.17) is 0 Å². The maximum absolute atomic E-state index is 12.9. The summed E-state index contributed by atoms with van der Waals surface area (Å²) in [6.45, 7) is 0. The number of hydrogen-bond donors (Lipinski definition) is 1. The molecule has 1 aromatic rings. The minimum Gasteiger partial charge on any atom is -0.311 e. The van der Waals surface area contributed by atoms with Gasteiger partial charge in [-0.3, -0.25) is 0 Å². The molecule has 2 saturated heterocycles. The first-order valence-corrected chi connectivity index (χ1v) is 6.61. The van der Waals surface area contributed by atoms with Gasteiger partial charge in [0.15, 0.2) is 0 Å². The standard InChI is InChI=1S/C15H17FN2/c16-12-3-1-11(2-4-12)7-15(10-17)8-13-5-6-14(9-15)18-13/h1-4,13-14,18H,5-9H2. The van der Waals surface area contributed by atoms with Crippen molar-refractivity contribution in [2.75, 3.05) is 0 Å². The Kier molecular flexibility index (Phi) is 2.83. The van der Waals surface area contributed by atoms with Crippen LogP contribution in [0.3, 0.4) is 0 Å². The van der Waals surface area contributed by atoms with Gasteiger partial charge in [0.05, 0.1) is 11.5 Å². The third kappa shape index (κ3) is 2.13. The topological polar surface area (TPSA) is 35.8 Å². The van der Waals surface area contributed by atoms with Crippen LogP contribution in [0.1, 0.15) is 31.2 Å². The second-order valence-corrected chi connectivity index (χ2v) is 5.74. The van der Waals surface area contributed by atoms with Gasteiger partial charge >= 0.3 is 0 Å². The molecule has 0 aromatic heterocycles. The maximum atomic E-state index is 12.9. The van der Waals surface area contributed by atoms with Crippen LogP contribution in [0.2, 0.25) is 0 Å². The molecule has 2 fully saturated rings. The summed E-state index contributed by atoms with van der Waals surface area (Å²) in [6.07, 6.45) is 4.99. The summed E-state index contributed by atoms with van der Waals surface area (Å²) < 4.78 is 12.9. The van der Waals surface area contributed by atoms with Crippen molar-refractivity contribution in [2.45, 2.75) is 44.2 Å². The van der Waals surface area contributed by atoms with E-state index in [2.05, 4.69) is 11.4 Å². The minimum atomic E-state index is -0.255. The molecule has 0 saturated carbocycles. The number of rotatable bonds is 2. The number of benzene rings is 1. The molecule has 0 amide bonds. The van der Waals surface area contributed by atoms with Crippen LogP contribution in [0.4, 0.5) is 4.39 Å². The lowest BCUT2D eigenvalue weighted by atomic mass is 9.73. The average Bonchev–Trinajstić information content (AvgIpc) is 2.72. The first-order valence-electron chi connectivity index (χ1n) is 6.61. The smallest absolute Gasteiger partial charge is 0.123 e. The van der Waals surface area contributed by atoms with Crippen molar-refractivity contribution >= 4 is 0 Å². The summed E-state index contributed by atoms with van der Waals surface area (Å²) in [5, 5.41) is 13.1. The molecule has 2 aliphatic heterocycles. The molecule has 2 unspecified atom stereocenters. The third-order valence-corrected chi connectivity index (χ3v) is 4.30. The molecule has 2 nitrogen and oxygen atoms in total. The molecule has 2 atom stereocenters. The second-order valence-electron chi connectivity index (χ2n) is 5.74. The number of halogens is 1. The van der Waals surface area contributed by atoms with E-state index in [1.807, 2.05) is 0 Å². The Bertz CT molecular complexity index is 462. The molecule has 18 heavy (non-hydrogen) atoms. The van der Waals surface area contributed by atoms with Gasteiger partial charge in [-0.2, -0.15) is 5.26 Å². The van der Waals surface area contributed by atoms with E-state index >= 15 is 0 Å². The lowest BCUT2D eigenvalue weighted by molar-refractivity contribution is 0.224.